The van der Waals surface area contributed by atoms with Crippen molar-refractivity contribution in [2.75, 3.05) is 11.9 Å². The number of ether oxygens (including phenoxy) is 1. The van der Waals surface area contributed by atoms with E-state index in [1.54, 1.807) is 6.07 Å². The minimum Gasteiger partial charge on any atom is -0.452 e. The minimum atomic E-state index is -0.795. The number of carbonyl (C=O) groups is 2. The monoisotopic (exact) mass is 341 g/mol. The summed E-state index contributed by atoms with van der Waals surface area (Å²) < 4.78 is 17.8. The lowest BCUT2D eigenvalue weighted by atomic mass is 10.2. The van der Waals surface area contributed by atoms with Crippen molar-refractivity contribution in [2.45, 2.75) is 0 Å². The van der Waals surface area contributed by atoms with E-state index >= 15 is 0 Å². The Hall–Kier alpha value is -2.11. The zero-order chi connectivity index (χ0) is 16.1. The fraction of sp³-hybridized carbons (Fsp3) is 0.0667. The van der Waals surface area contributed by atoms with Crippen LogP contribution in [0.25, 0.3) is 0 Å². The van der Waals surface area contributed by atoms with E-state index in [1.165, 1.54) is 30.3 Å². The largest absolute Gasteiger partial charge is 0.452 e. The standard InChI is InChI=1S/C15H10Cl2FNO3/c16-10-4-5-13(12(17)7-10)19-14(20)8-22-15(21)9-2-1-3-11(18)6-9/h1-7H,8H2,(H,19,20). The van der Waals surface area contributed by atoms with Gasteiger partial charge in [0.1, 0.15) is 5.82 Å². The van der Waals surface area contributed by atoms with Crippen molar-refractivity contribution in [3.8, 4) is 0 Å². The van der Waals surface area contributed by atoms with Gasteiger partial charge in [0, 0.05) is 5.02 Å². The molecule has 0 unspecified atom stereocenters. The molecule has 4 nitrogen and oxygen atoms in total. The van der Waals surface area contributed by atoms with Gasteiger partial charge in [0.05, 0.1) is 16.3 Å². The Bertz CT molecular complexity index is 722. The van der Waals surface area contributed by atoms with Crippen LogP contribution >= 0.6 is 23.2 Å². The molecule has 0 heterocycles. The van der Waals surface area contributed by atoms with Gasteiger partial charge in [0.25, 0.3) is 5.91 Å². The lowest BCUT2D eigenvalue weighted by Crippen LogP contribution is -2.21. The molecule has 0 saturated heterocycles. The second kappa shape index (κ2) is 7.24. The molecule has 2 rings (SSSR count). The molecule has 0 radical (unpaired) electrons. The summed E-state index contributed by atoms with van der Waals surface area (Å²) in [5.41, 5.74) is 0.371. The second-order valence-electron chi connectivity index (χ2n) is 4.26. The molecule has 0 fully saturated rings. The lowest BCUT2D eigenvalue weighted by molar-refractivity contribution is -0.119. The Morgan fingerprint density at radius 2 is 1.91 bits per heavy atom. The van der Waals surface area contributed by atoms with Crippen molar-refractivity contribution in [2.24, 2.45) is 0 Å². The van der Waals surface area contributed by atoms with E-state index in [0.717, 1.165) is 6.07 Å². The summed E-state index contributed by atoms with van der Waals surface area (Å²) in [5, 5.41) is 3.17. The van der Waals surface area contributed by atoms with E-state index in [4.69, 9.17) is 27.9 Å². The lowest BCUT2D eigenvalue weighted by Gasteiger charge is -2.08. The van der Waals surface area contributed by atoms with Crippen LogP contribution in [0.4, 0.5) is 10.1 Å². The molecule has 0 aromatic heterocycles. The van der Waals surface area contributed by atoms with Crippen molar-refractivity contribution in [1.82, 2.24) is 0 Å². The van der Waals surface area contributed by atoms with Gasteiger partial charge in [-0.25, -0.2) is 9.18 Å². The molecule has 114 valence electrons. The number of hydrogen-bond acceptors (Lipinski definition) is 3. The molecule has 2 aromatic carbocycles. The van der Waals surface area contributed by atoms with Crippen molar-refractivity contribution in [1.29, 1.82) is 0 Å². The highest BCUT2D eigenvalue weighted by molar-refractivity contribution is 6.36. The first-order valence-corrected chi connectivity index (χ1v) is 6.89. The Morgan fingerprint density at radius 3 is 2.59 bits per heavy atom. The Morgan fingerprint density at radius 1 is 1.14 bits per heavy atom. The summed E-state index contributed by atoms with van der Waals surface area (Å²) in [4.78, 5) is 23.4. The van der Waals surface area contributed by atoms with Crippen LogP contribution in [0.1, 0.15) is 10.4 Å². The zero-order valence-electron chi connectivity index (χ0n) is 11.1. The van der Waals surface area contributed by atoms with Gasteiger partial charge in [-0.05, 0) is 36.4 Å². The molecule has 0 aliphatic heterocycles. The average molecular weight is 342 g/mol. The van der Waals surface area contributed by atoms with Gasteiger partial charge in [0.15, 0.2) is 6.61 Å². The van der Waals surface area contributed by atoms with Crippen molar-refractivity contribution in [3.05, 3.63) is 63.9 Å². The maximum atomic E-state index is 13.0. The van der Waals surface area contributed by atoms with Gasteiger partial charge in [-0.2, -0.15) is 0 Å². The van der Waals surface area contributed by atoms with E-state index < -0.39 is 24.3 Å². The average Bonchev–Trinajstić information content (AvgIpc) is 2.47. The van der Waals surface area contributed by atoms with Crippen molar-refractivity contribution < 1.29 is 18.7 Å². The molecule has 0 aliphatic rings. The van der Waals surface area contributed by atoms with Gasteiger partial charge in [0.2, 0.25) is 0 Å². The number of halogens is 3. The summed E-state index contributed by atoms with van der Waals surface area (Å²) in [5.74, 6) is -1.93. The van der Waals surface area contributed by atoms with Gasteiger partial charge in [-0.1, -0.05) is 29.3 Å². The van der Waals surface area contributed by atoms with Crippen LogP contribution in [-0.2, 0) is 9.53 Å². The summed E-state index contributed by atoms with van der Waals surface area (Å²) in [6, 6.07) is 9.54. The van der Waals surface area contributed by atoms with E-state index in [9.17, 15) is 14.0 Å². The van der Waals surface area contributed by atoms with Crippen LogP contribution in [0, 0.1) is 5.82 Å². The summed E-state index contributed by atoms with van der Waals surface area (Å²) in [6.07, 6.45) is 0. The Kier molecular flexibility index (Phi) is 5.35. The third-order valence-electron chi connectivity index (χ3n) is 2.60. The van der Waals surface area contributed by atoms with Crippen LogP contribution in [-0.4, -0.2) is 18.5 Å². The minimum absolute atomic E-state index is 0.0253. The summed E-state index contributed by atoms with van der Waals surface area (Å²) in [6.45, 7) is -0.520. The normalized spacial score (nSPS) is 10.1. The number of hydrogen-bond donors (Lipinski definition) is 1. The number of benzene rings is 2. The smallest absolute Gasteiger partial charge is 0.338 e. The second-order valence-corrected chi connectivity index (χ2v) is 5.10. The first-order chi connectivity index (χ1) is 10.5. The fourth-order valence-corrected chi connectivity index (χ4v) is 2.06. The summed E-state index contributed by atoms with van der Waals surface area (Å²) in [7, 11) is 0. The highest BCUT2D eigenvalue weighted by Gasteiger charge is 2.12. The van der Waals surface area contributed by atoms with E-state index in [0.29, 0.717) is 10.7 Å². The van der Waals surface area contributed by atoms with Crippen LogP contribution in [0.15, 0.2) is 42.5 Å². The number of esters is 1. The molecule has 0 bridgehead atoms. The number of carbonyl (C=O) groups excluding carboxylic acids is 2. The molecular formula is C15H10Cl2FNO3. The molecule has 0 aliphatic carbocycles. The molecule has 1 amide bonds. The maximum Gasteiger partial charge on any atom is 0.338 e. The molecule has 1 N–H and O–H groups in total. The van der Waals surface area contributed by atoms with Crippen molar-refractivity contribution in [3.63, 3.8) is 0 Å². The predicted octanol–water partition coefficient (Wildman–Crippen LogP) is 3.93. The van der Waals surface area contributed by atoms with Crippen molar-refractivity contribution >= 4 is 40.8 Å². The topological polar surface area (TPSA) is 55.4 Å². The Labute approximate surface area is 135 Å². The predicted molar refractivity (Wildman–Crippen MR) is 81.8 cm³/mol. The molecule has 2 aromatic rings. The first kappa shape index (κ1) is 16.3. The molecule has 0 spiro atoms. The number of amides is 1. The molecule has 22 heavy (non-hydrogen) atoms. The Balaban J connectivity index is 1.91. The quantitative estimate of drug-likeness (QED) is 0.857. The molecular weight excluding hydrogens is 332 g/mol. The van der Waals surface area contributed by atoms with Crippen LogP contribution in [0.3, 0.4) is 0 Å². The molecule has 0 atom stereocenters. The maximum absolute atomic E-state index is 13.0. The van der Waals surface area contributed by atoms with Crippen LogP contribution in [0.5, 0.6) is 0 Å². The fourth-order valence-electron chi connectivity index (χ4n) is 1.61. The zero-order valence-corrected chi connectivity index (χ0v) is 12.6. The van der Waals surface area contributed by atoms with Gasteiger partial charge in [-0.15, -0.1) is 0 Å². The van der Waals surface area contributed by atoms with E-state index in [1.807, 2.05) is 0 Å². The first-order valence-electron chi connectivity index (χ1n) is 6.13. The van der Waals surface area contributed by atoms with E-state index in [-0.39, 0.29) is 10.6 Å². The number of rotatable bonds is 4. The van der Waals surface area contributed by atoms with Crippen LogP contribution < -0.4 is 5.32 Å². The van der Waals surface area contributed by atoms with E-state index in [2.05, 4.69) is 5.32 Å². The molecule has 0 saturated carbocycles. The highest BCUT2D eigenvalue weighted by Crippen LogP contribution is 2.25. The SMILES string of the molecule is O=C(COC(=O)c1cccc(F)c1)Nc1ccc(Cl)cc1Cl. The number of anilines is 1. The van der Waals surface area contributed by atoms with Gasteiger partial charge >= 0.3 is 5.97 Å². The molecule has 7 heteroatoms. The van der Waals surface area contributed by atoms with Gasteiger partial charge in [-0.3, -0.25) is 4.79 Å². The van der Waals surface area contributed by atoms with Gasteiger partial charge < -0.3 is 10.1 Å². The third kappa shape index (κ3) is 4.44. The third-order valence-corrected chi connectivity index (χ3v) is 3.15. The summed E-state index contributed by atoms with van der Waals surface area (Å²) >= 11 is 11.6. The highest BCUT2D eigenvalue weighted by atomic mass is 35.5. The van der Waals surface area contributed by atoms with Crippen LogP contribution in [0.2, 0.25) is 10.0 Å². The number of nitrogens with one attached hydrogen (secondary N) is 1.